The van der Waals surface area contributed by atoms with Crippen molar-refractivity contribution < 1.29 is 9.90 Å². The van der Waals surface area contributed by atoms with Crippen LogP contribution in [0.3, 0.4) is 0 Å². The van der Waals surface area contributed by atoms with Gasteiger partial charge in [-0.15, -0.1) is 0 Å². The first-order valence-electron chi connectivity index (χ1n) is 11.6. The van der Waals surface area contributed by atoms with Gasteiger partial charge in [-0.1, -0.05) is 129 Å². The van der Waals surface area contributed by atoms with Crippen molar-refractivity contribution in [2.24, 2.45) is 0 Å². The summed E-state index contributed by atoms with van der Waals surface area (Å²) in [5.41, 5.74) is 0. The Morgan fingerprint density at radius 2 is 0.885 bits per heavy atom. The molecule has 0 aromatic carbocycles. The second-order valence-electron chi connectivity index (χ2n) is 7.97. The normalized spacial score (nSPS) is 12.4. The first kappa shape index (κ1) is 26.4. The van der Waals surface area contributed by atoms with Gasteiger partial charge in [0.25, 0.3) is 0 Å². The van der Waals surface area contributed by atoms with Crippen molar-refractivity contribution in [3.63, 3.8) is 0 Å². The summed E-state index contributed by atoms with van der Waals surface area (Å²) in [6, 6.07) is 0. The number of carbonyl (C=O) groups excluding carboxylic acids is 1. The summed E-state index contributed by atoms with van der Waals surface area (Å²) in [5, 5.41) is 9.41. The molecule has 0 heterocycles. The molecule has 0 spiro atoms. The van der Waals surface area contributed by atoms with Crippen molar-refractivity contribution in [2.75, 3.05) is 0 Å². The lowest BCUT2D eigenvalue weighted by Gasteiger charge is -2.05. The first-order valence-corrected chi connectivity index (χ1v) is 12.6. The zero-order chi connectivity index (χ0) is 19.3. The molecule has 3 heteroatoms. The van der Waals surface area contributed by atoms with E-state index in [4.69, 9.17) is 0 Å². The number of unbranched alkanes of at least 4 members (excludes halogenated alkanes) is 18. The van der Waals surface area contributed by atoms with Gasteiger partial charge in [0.15, 0.2) is 0 Å². The molecule has 0 aromatic rings. The topological polar surface area (TPSA) is 37.3 Å². The average Bonchev–Trinajstić information content (AvgIpc) is 2.63. The Bertz CT molecular complexity index is 294. The minimum Gasteiger partial charge on any atom is -0.384 e. The predicted octanol–water partition coefficient (Wildman–Crippen LogP) is 8.13. The maximum absolute atomic E-state index is 10.9. The van der Waals surface area contributed by atoms with Crippen LogP contribution in [0.1, 0.15) is 135 Å². The molecule has 26 heavy (non-hydrogen) atoms. The molecule has 0 saturated heterocycles. The van der Waals surface area contributed by atoms with Crippen LogP contribution >= 0.6 is 22.6 Å². The second-order valence-corrected chi connectivity index (χ2v) is 9.04. The summed E-state index contributed by atoms with van der Waals surface area (Å²) in [6.45, 7) is 2.28. The zero-order valence-corrected chi connectivity index (χ0v) is 19.6. The Kier molecular flexibility index (Phi) is 22.0. The molecular weight excluding hydrogens is 435 g/mol. The van der Waals surface area contributed by atoms with Crippen LogP contribution in [0.25, 0.3) is 0 Å². The summed E-state index contributed by atoms with van der Waals surface area (Å²) >= 11 is 1.69. The standard InChI is InChI=1S/C23H45IO2/c1-2-3-4-5-6-7-8-9-10-11-12-13-14-15-16-17-18-19-20-21-22(25)23(24)26/h22,25H,2-21H2,1H3/t22-/m0/s1. The van der Waals surface area contributed by atoms with Crippen LogP contribution in [0.2, 0.25) is 0 Å². The molecule has 0 aromatic heterocycles. The van der Waals surface area contributed by atoms with Crippen molar-refractivity contribution in [2.45, 2.75) is 141 Å². The van der Waals surface area contributed by atoms with Crippen LogP contribution < -0.4 is 0 Å². The van der Waals surface area contributed by atoms with Crippen molar-refractivity contribution in [1.82, 2.24) is 0 Å². The third kappa shape index (κ3) is 20.7. The van der Waals surface area contributed by atoms with E-state index in [0.717, 1.165) is 12.8 Å². The van der Waals surface area contributed by atoms with Gasteiger partial charge < -0.3 is 5.11 Å². The quantitative estimate of drug-likeness (QED) is 0.102. The summed E-state index contributed by atoms with van der Waals surface area (Å²) in [6.07, 6.45) is 26.0. The molecule has 1 atom stereocenters. The van der Waals surface area contributed by atoms with Gasteiger partial charge in [0, 0.05) is 22.6 Å². The average molecular weight is 481 g/mol. The highest BCUT2D eigenvalue weighted by atomic mass is 127. The monoisotopic (exact) mass is 480 g/mol. The molecule has 156 valence electrons. The molecule has 2 nitrogen and oxygen atoms in total. The molecule has 0 unspecified atom stereocenters. The smallest absolute Gasteiger partial charge is 0.220 e. The highest BCUT2D eigenvalue weighted by Crippen LogP contribution is 2.15. The molecule has 0 aliphatic carbocycles. The van der Waals surface area contributed by atoms with Crippen molar-refractivity contribution in [3.8, 4) is 0 Å². The number of hydrogen-bond acceptors (Lipinski definition) is 2. The van der Waals surface area contributed by atoms with Crippen LogP contribution in [-0.4, -0.2) is 15.0 Å². The van der Waals surface area contributed by atoms with E-state index in [1.54, 1.807) is 22.6 Å². The van der Waals surface area contributed by atoms with Gasteiger partial charge >= 0.3 is 0 Å². The number of hydrogen-bond donors (Lipinski definition) is 1. The lowest BCUT2D eigenvalue weighted by molar-refractivity contribution is -0.116. The Balaban J connectivity index is 3.04. The highest BCUT2D eigenvalue weighted by Gasteiger charge is 2.09. The molecule has 0 radical (unpaired) electrons. The zero-order valence-electron chi connectivity index (χ0n) is 17.5. The summed E-state index contributed by atoms with van der Waals surface area (Å²) in [4.78, 5) is 10.9. The molecule has 0 fully saturated rings. The van der Waals surface area contributed by atoms with E-state index in [-0.39, 0.29) is 3.79 Å². The largest absolute Gasteiger partial charge is 0.384 e. The fourth-order valence-corrected chi connectivity index (χ4v) is 3.84. The van der Waals surface area contributed by atoms with Crippen LogP contribution in [0.5, 0.6) is 0 Å². The van der Waals surface area contributed by atoms with Crippen LogP contribution in [0.15, 0.2) is 0 Å². The highest BCUT2D eigenvalue weighted by molar-refractivity contribution is 14.1. The van der Waals surface area contributed by atoms with E-state index >= 15 is 0 Å². The summed E-state index contributed by atoms with van der Waals surface area (Å²) in [5.74, 6) is 0. The van der Waals surface area contributed by atoms with Gasteiger partial charge in [-0.05, 0) is 6.42 Å². The molecular formula is C23H45IO2. The number of aliphatic hydroxyl groups excluding tert-OH is 1. The van der Waals surface area contributed by atoms with Gasteiger partial charge in [-0.3, -0.25) is 4.79 Å². The maximum Gasteiger partial charge on any atom is 0.220 e. The minimum absolute atomic E-state index is 0.120. The number of aliphatic hydroxyl groups is 1. The van der Waals surface area contributed by atoms with E-state index in [1.165, 1.54) is 109 Å². The van der Waals surface area contributed by atoms with E-state index in [0.29, 0.717) is 6.42 Å². The molecule has 0 rings (SSSR count). The van der Waals surface area contributed by atoms with Gasteiger partial charge in [0.05, 0.1) is 0 Å². The van der Waals surface area contributed by atoms with Crippen molar-refractivity contribution >= 4 is 26.4 Å². The fraction of sp³-hybridized carbons (Fsp3) is 0.957. The number of rotatable bonds is 21. The lowest BCUT2D eigenvalue weighted by Crippen LogP contribution is -2.13. The third-order valence-electron chi connectivity index (χ3n) is 5.34. The van der Waals surface area contributed by atoms with Gasteiger partial charge in [0.2, 0.25) is 3.79 Å². The molecule has 0 amide bonds. The van der Waals surface area contributed by atoms with Crippen molar-refractivity contribution in [1.29, 1.82) is 0 Å². The third-order valence-corrected chi connectivity index (χ3v) is 6.06. The van der Waals surface area contributed by atoms with E-state index in [9.17, 15) is 9.90 Å². The molecule has 1 N–H and O–H groups in total. The maximum atomic E-state index is 10.9. The molecule has 0 aliphatic rings. The predicted molar refractivity (Wildman–Crippen MR) is 123 cm³/mol. The fourth-order valence-electron chi connectivity index (χ4n) is 3.53. The van der Waals surface area contributed by atoms with Gasteiger partial charge in [-0.2, -0.15) is 0 Å². The molecule has 0 bridgehead atoms. The molecule has 0 aliphatic heterocycles. The van der Waals surface area contributed by atoms with Crippen LogP contribution in [0.4, 0.5) is 0 Å². The summed E-state index contributed by atoms with van der Waals surface area (Å²) in [7, 11) is 0. The van der Waals surface area contributed by atoms with Crippen LogP contribution in [-0.2, 0) is 4.79 Å². The Labute approximate surface area is 177 Å². The lowest BCUT2D eigenvalue weighted by atomic mass is 10.0. The Morgan fingerprint density at radius 1 is 0.615 bits per heavy atom. The van der Waals surface area contributed by atoms with E-state index < -0.39 is 6.10 Å². The second kappa shape index (κ2) is 21.7. The van der Waals surface area contributed by atoms with Gasteiger partial charge in [0.1, 0.15) is 6.10 Å². The van der Waals surface area contributed by atoms with E-state index in [1.807, 2.05) is 0 Å². The van der Waals surface area contributed by atoms with Crippen molar-refractivity contribution in [3.05, 3.63) is 0 Å². The van der Waals surface area contributed by atoms with Crippen LogP contribution in [0, 0.1) is 0 Å². The minimum atomic E-state index is -0.735. The number of halogens is 1. The Hall–Kier alpha value is 0.360. The van der Waals surface area contributed by atoms with Gasteiger partial charge in [-0.25, -0.2) is 0 Å². The first-order chi connectivity index (χ1) is 12.7. The van der Waals surface area contributed by atoms with E-state index in [2.05, 4.69) is 6.92 Å². The Morgan fingerprint density at radius 3 is 1.15 bits per heavy atom. The number of carbonyl (C=O) groups is 1. The molecule has 0 saturated carbocycles. The SMILES string of the molecule is CCCCCCCCCCCCCCCCCCCCC[C@H](O)C(=O)I. The summed E-state index contributed by atoms with van der Waals surface area (Å²) < 4.78 is -0.120.